The third kappa shape index (κ3) is 2.69. The minimum absolute atomic E-state index is 0.118. The Bertz CT molecular complexity index is 173. The van der Waals surface area contributed by atoms with Gasteiger partial charge in [-0.05, 0) is 33.7 Å². The van der Waals surface area contributed by atoms with Gasteiger partial charge in [-0.2, -0.15) is 0 Å². The van der Waals surface area contributed by atoms with Gasteiger partial charge < -0.3 is 10.2 Å². The summed E-state index contributed by atoms with van der Waals surface area (Å²) < 4.78 is 0. The van der Waals surface area contributed by atoms with Crippen molar-refractivity contribution in [3.63, 3.8) is 0 Å². The highest BCUT2D eigenvalue weighted by Crippen LogP contribution is 2.24. The van der Waals surface area contributed by atoms with Gasteiger partial charge in [-0.3, -0.25) is 4.90 Å². The molecule has 1 aliphatic carbocycles. The maximum atomic E-state index is 9.85. The van der Waals surface area contributed by atoms with Crippen molar-refractivity contribution in [2.45, 2.75) is 63.8 Å². The van der Waals surface area contributed by atoms with Gasteiger partial charge in [0.05, 0.1) is 12.2 Å². The van der Waals surface area contributed by atoms with Gasteiger partial charge >= 0.3 is 0 Å². The Morgan fingerprint density at radius 3 is 2.29 bits per heavy atom. The minimum atomic E-state index is -0.339. The van der Waals surface area contributed by atoms with E-state index in [-0.39, 0.29) is 24.3 Å². The molecule has 1 aliphatic rings. The second-order valence-electron chi connectivity index (χ2n) is 4.57. The molecule has 2 N–H and O–H groups in total. The van der Waals surface area contributed by atoms with Crippen LogP contribution in [0.25, 0.3) is 0 Å². The molecule has 3 nitrogen and oxygen atoms in total. The smallest absolute Gasteiger partial charge is 0.0695 e. The molecule has 84 valence electrons. The average Bonchev–Trinajstić information content (AvgIpc) is 2.16. The Hall–Kier alpha value is -0.120. The van der Waals surface area contributed by atoms with E-state index in [1.54, 1.807) is 6.92 Å². The standard InChI is InChI=1S/C11H23NO2/c1-8(9(2)13)12(3)10-6-4-5-7-11(10)14/h8-11,13-14H,4-7H2,1-3H3. The van der Waals surface area contributed by atoms with Crippen molar-refractivity contribution in [3.05, 3.63) is 0 Å². The minimum Gasteiger partial charge on any atom is -0.392 e. The molecule has 1 saturated carbocycles. The highest BCUT2D eigenvalue weighted by molar-refractivity contribution is 4.85. The summed E-state index contributed by atoms with van der Waals surface area (Å²) in [5.41, 5.74) is 0. The Balaban J connectivity index is 2.53. The molecule has 0 aromatic carbocycles. The first-order chi connectivity index (χ1) is 6.54. The fourth-order valence-corrected chi connectivity index (χ4v) is 2.21. The first-order valence-electron chi connectivity index (χ1n) is 5.62. The number of aliphatic hydroxyl groups is 2. The average molecular weight is 201 g/mol. The number of likely N-dealkylation sites (N-methyl/N-ethyl adjacent to an activating group) is 1. The van der Waals surface area contributed by atoms with Gasteiger partial charge in [-0.15, -0.1) is 0 Å². The normalized spacial score (nSPS) is 33.0. The zero-order chi connectivity index (χ0) is 10.7. The van der Waals surface area contributed by atoms with E-state index in [1.807, 2.05) is 14.0 Å². The molecule has 0 radical (unpaired) electrons. The SMILES string of the molecule is CC(O)C(C)N(C)C1CCCCC1O. The van der Waals surface area contributed by atoms with Gasteiger partial charge in [0.2, 0.25) is 0 Å². The molecule has 0 amide bonds. The van der Waals surface area contributed by atoms with Crippen LogP contribution < -0.4 is 0 Å². The molecule has 0 aliphatic heterocycles. The van der Waals surface area contributed by atoms with Crippen molar-refractivity contribution in [3.8, 4) is 0 Å². The fourth-order valence-electron chi connectivity index (χ4n) is 2.21. The lowest BCUT2D eigenvalue weighted by Crippen LogP contribution is -2.50. The zero-order valence-electron chi connectivity index (χ0n) is 9.48. The number of rotatable bonds is 3. The van der Waals surface area contributed by atoms with E-state index in [2.05, 4.69) is 4.90 Å². The van der Waals surface area contributed by atoms with Gasteiger partial charge in [0.15, 0.2) is 0 Å². The van der Waals surface area contributed by atoms with Crippen LogP contribution in [0, 0.1) is 0 Å². The largest absolute Gasteiger partial charge is 0.392 e. The molecule has 0 spiro atoms. The van der Waals surface area contributed by atoms with Crippen LogP contribution in [0.3, 0.4) is 0 Å². The number of hydrogen-bond acceptors (Lipinski definition) is 3. The maximum Gasteiger partial charge on any atom is 0.0695 e. The van der Waals surface area contributed by atoms with E-state index in [4.69, 9.17) is 0 Å². The lowest BCUT2D eigenvalue weighted by atomic mass is 9.90. The van der Waals surface area contributed by atoms with Gasteiger partial charge in [0, 0.05) is 12.1 Å². The van der Waals surface area contributed by atoms with Crippen LogP contribution >= 0.6 is 0 Å². The Morgan fingerprint density at radius 1 is 1.21 bits per heavy atom. The van der Waals surface area contributed by atoms with E-state index < -0.39 is 0 Å². The molecule has 4 atom stereocenters. The molecule has 0 saturated heterocycles. The van der Waals surface area contributed by atoms with Crippen LogP contribution in [0.15, 0.2) is 0 Å². The third-order valence-electron chi connectivity index (χ3n) is 3.56. The van der Waals surface area contributed by atoms with Crippen molar-refractivity contribution in [1.82, 2.24) is 4.90 Å². The third-order valence-corrected chi connectivity index (χ3v) is 3.56. The quantitative estimate of drug-likeness (QED) is 0.715. The molecule has 1 fully saturated rings. The van der Waals surface area contributed by atoms with E-state index >= 15 is 0 Å². The topological polar surface area (TPSA) is 43.7 Å². The Labute approximate surface area is 86.7 Å². The van der Waals surface area contributed by atoms with Crippen LogP contribution in [-0.4, -0.2) is 46.5 Å². The van der Waals surface area contributed by atoms with Crippen LogP contribution in [0.5, 0.6) is 0 Å². The molecular formula is C11H23NO2. The van der Waals surface area contributed by atoms with Crippen molar-refractivity contribution in [2.24, 2.45) is 0 Å². The lowest BCUT2D eigenvalue weighted by molar-refractivity contribution is -0.0134. The lowest BCUT2D eigenvalue weighted by Gasteiger charge is -2.39. The molecular weight excluding hydrogens is 178 g/mol. The highest BCUT2D eigenvalue weighted by atomic mass is 16.3. The first-order valence-corrected chi connectivity index (χ1v) is 5.62. The molecule has 0 aromatic heterocycles. The summed E-state index contributed by atoms with van der Waals surface area (Å²) in [5, 5.41) is 19.3. The van der Waals surface area contributed by atoms with Crippen molar-refractivity contribution < 1.29 is 10.2 Å². The zero-order valence-corrected chi connectivity index (χ0v) is 9.48. The van der Waals surface area contributed by atoms with Gasteiger partial charge in [-0.1, -0.05) is 12.8 Å². The van der Waals surface area contributed by atoms with Gasteiger partial charge in [0.1, 0.15) is 0 Å². The summed E-state index contributed by atoms with van der Waals surface area (Å²) >= 11 is 0. The van der Waals surface area contributed by atoms with Crippen molar-refractivity contribution in [1.29, 1.82) is 0 Å². The van der Waals surface area contributed by atoms with Crippen LogP contribution in [0.1, 0.15) is 39.5 Å². The van der Waals surface area contributed by atoms with Crippen LogP contribution in [0.4, 0.5) is 0 Å². The predicted octanol–water partition coefficient (Wildman–Crippen LogP) is 0.991. The summed E-state index contributed by atoms with van der Waals surface area (Å²) in [6.45, 7) is 3.81. The highest BCUT2D eigenvalue weighted by Gasteiger charge is 2.30. The molecule has 4 unspecified atom stereocenters. The second kappa shape index (κ2) is 5.10. The second-order valence-corrected chi connectivity index (χ2v) is 4.57. The van der Waals surface area contributed by atoms with Gasteiger partial charge in [-0.25, -0.2) is 0 Å². The fraction of sp³-hybridized carbons (Fsp3) is 1.00. The molecule has 0 aromatic rings. The summed E-state index contributed by atoms with van der Waals surface area (Å²) in [7, 11) is 2.00. The molecule has 14 heavy (non-hydrogen) atoms. The monoisotopic (exact) mass is 201 g/mol. The van der Waals surface area contributed by atoms with Crippen LogP contribution in [0.2, 0.25) is 0 Å². The molecule has 1 rings (SSSR count). The summed E-state index contributed by atoms with van der Waals surface area (Å²) in [6, 6.07) is 0.348. The maximum absolute atomic E-state index is 9.85. The number of nitrogens with zero attached hydrogens (tertiary/aromatic N) is 1. The van der Waals surface area contributed by atoms with Gasteiger partial charge in [0.25, 0.3) is 0 Å². The Kier molecular flexibility index (Phi) is 4.35. The first kappa shape index (κ1) is 12.0. The van der Waals surface area contributed by atoms with Crippen molar-refractivity contribution >= 4 is 0 Å². The predicted molar refractivity (Wildman–Crippen MR) is 57.2 cm³/mol. The molecule has 0 bridgehead atoms. The Morgan fingerprint density at radius 2 is 1.79 bits per heavy atom. The van der Waals surface area contributed by atoms with E-state index in [1.165, 1.54) is 6.42 Å². The van der Waals surface area contributed by atoms with E-state index in [9.17, 15) is 10.2 Å². The number of aliphatic hydroxyl groups excluding tert-OH is 2. The van der Waals surface area contributed by atoms with Crippen molar-refractivity contribution in [2.75, 3.05) is 7.05 Å². The van der Waals surface area contributed by atoms with Crippen LogP contribution in [-0.2, 0) is 0 Å². The molecule has 0 heterocycles. The molecule has 3 heteroatoms. The summed E-state index contributed by atoms with van der Waals surface area (Å²) in [6.07, 6.45) is 3.73. The number of hydrogen-bond donors (Lipinski definition) is 2. The summed E-state index contributed by atoms with van der Waals surface area (Å²) in [5.74, 6) is 0. The van der Waals surface area contributed by atoms with E-state index in [0.717, 1.165) is 19.3 Å². The summed E-state index contributed by atoms with van der Waals surface area (Å²) in [4.78, 5) is 2.12. The van der Waals surface area contributed by atoms with E-state index in [0.29, 0.717) is 0 Å².